The van der Waals surface area contributed by atoms with Gasteiger partial charge in [-0.25, -0.2) is 17.7 Å². The highest BCUT2D eigenvalue weighted by molar-refractivity contribution is 7.77. The third-order valence-corrected chi connectivity index (χ3v) is 6.94. The molecule has 1 fully saturated rings. The summed E-state index contributed by atoms with van der Waals surface area (Å²) in [5, 5.41) is 0. The third-order valence-electron chi connectivity index (χ3n) is 6.55. The summed E-state index contributed by atoms with van der Waals surface area (Å²) < 4.78 is 62.8. The molecule has 9 nitrogen and oxygen atoms in total. The molecule has 5 rings (SSSR count). The molecule has 3 heterocycles. The lowest BCUT2D eigenvalue weighted by atomic mass is 9.86. The van der Waals surface area contributed by atoms with Gasteiger partial charge in [0.05, 0.1) is 31.9 Å². The lowest BCUT2D eigenvalue weighted by Gasteiger charge is -2.35. The SMILES string of the molecule is COc1cc(OC)c(F)c(N2Cc3cnc(-c4cncc(CNS(=O)O)c4)cc3C3(CC3)C2=O)c1F. The topological polar surface area (TPSA) is 114 Å². The molecule has 1 atom stereocenters. The van der Waals surface area contributed by atoms with E-state index in [0.717, 1.165) is 16.5 Å². The quantitative estimate of drug-likeness (QED) is 0.464. The number of amides is 1. The number of hydrogen-bond acceptors (Lipinski definition) is 6. The van der Waals surface area contributed by atoms with Crippen LogP contribution in [0.1, 0.15) is 29.5 Å². The molecule has 0 bridgehead atoms. The fourth-order valence-corrected chi connectivity index (χ4v) is 4.89. The second-order valence-corrected chi connectivity index (χ2v) is 9.40. The maximum Gasteiger partial charge on any atom is 0.238 e. The molecule has 0 saturated heterocycles. The highest BCUT2D eigenvalue weighted by atomic mass is 32.2. The minimum Gasteiger partial charge on any atom is -0.493 e. The second kappa shape index (κ2) is 9.19. The van der Waals surface area contributed by atoms with Gasteiger partial charge >= 0.3 is 0 Å². The Morgan fingerprint density at radius 1 is 1.11 bits per heavy atom. The van der Waals surface area contributed by atoms with E-state index in [1.807, 2.05) is 6.07 Å². The van der Waals surface area contributed by atoms with Crippen molar-refractivity contribution in [3.8, 4) is 22.8 Å². The van der Waals surface area contributed by atoms with Gasteiger partial charge in [0.15, 0.2) is 23.1 Å². The summed E-state index contributed by atoms with van der Waals surface area (Å²) in [6, 6.07) is 4.70. The van der Waals surface area contributed by atoms with Crippen LogP contribution in [0.25, 0.3) is 11.3 Å². The summed E-state index contributed by atoms with van der Waals surface area (Å²) in [5.74, 6) is -2.82. The fraction of sp³-hybridized carbons (Fsp3) is 0.292. The van der Waals surface area contributed by atoms with E-state index in [4.69, 9.17) is 14.0 Å². The lowest BCUT2D eigenvalue weighted by Crippen LogP contribution is -2.45. The van der Waals surface area contributed by atoms with Crippen LogP contribution in [0.3, 0.4) is 0 Å². The van der Waals surface area contributed by atoms with E-state index in [0.29, 0.717) is 35.2 Å². The molecule has 0 radical (unpaired) electrons. The smallest absolute Gasteiger partial charge is 0.238 e. The maximum atomic E-state index is 15.2. The van der Waals surface area contributed by atoms with E-state index in [2.05, 4.69) is 14.7 Å². The Balaban J connectivity index is 1.55. The molecule has 3 aromatic rings. The molecule has 2 aromatic heterocycles. The lowest BCUT2D eigenvalue weighted by molar-refractivity contribution is -0.121. The molecule has 1 aliphatic heterocycles. The number of halogens is 2. The molecule has 12 heteroatoms. The number of nitrogens with one attached hydrogen (secondary N) is 1. The van der Waals surface area contributed by atoms with E-state index in [-0.39, 0.29) is 24.6 Å². The van der Waals surface area contributed by atoms with Gasteiger partial charge in [-0.15, -0.1) is 0 Å². The number of hydrogen-bond donors (Lipinski definition) is 2. The maximum absolute atomic E-state index is 15.2. The molecule has 2 N–H and O–H groups in total. The van der Waals surface area contributed by atoms with E-state index in [1.165, 1.54) is 14.2 Å². The summed E-state index contributed by atoms with van der Waals surface area (Å²) in [6.07, 6.45) is 5.85. The summed E-state index contributed by atoms with van der Waals surface area (Å²) in [7, 11) is 2.51. The van der Waals surface area contributed by atoms with Crippen LogP contribution in [0.15, 0.2) is 36.8 Å². The molecule has 1 aromatic carbocycles. The number of rotatable bonds is 7. The van der Waals surface area contributed by atoms with Crippen molar-refractivity contribution in [2.45, 2.75) is 31.3 Å². The minimum atomic E-state index is -2.16. The van der Waals surface area contributed by atoms with Crippen LogP contribution < -0.4 is 19.1 Å². The van der Waals surface area contributed by atoms with Crippen molar-refractivity contribution < 1.29 is 31.8 Å². The van der Waals surface area contributed by atoms with Gasteiger partial charge in [-0.3, -0.25) is 19.3 Å². The van der Waals surface area contributed by atoms with Gasteiger partial charge < -0.3 is 14.4 Å². The van der Waals surface area contributed by atoms with Crippen LogP contribution in [-0.4, -0.2) is 38.9 Å². The zero-order chi connectivity index (χ0) is 25.6. The van der Waals surface area contributed by atoms with Crippen molar-refractivity contribution in [2.24, 2.45) is 0 Å². The van der Waals surface area contributed by atoms with Crippen molar-refractivity contribution >= 4 is 22.9 Å². The van der Waals surface area contributed by atoms with Crippen molar-refractivity contribution in [2.75, 3.05) is 19.1 Å². The third kappa shape index (κ3) is 4.00. The Kier molecular flexibility index (Phi) is 6.18. The average Bonchev–Trinajstić information content (AvgIpc) is 3.68. The number of nitrogens with zero attached hydrogens (tertiary/aromatic N) is 3. The average molecular weight is 517 g/mol. The number of ether oxygens (including phenoxy) is 2. The predicted octanol–water partition coefficient (Wildman–Crippen LogP) is 3.24. The molecule has 1 unspecified atom stereocenters. The van der Waals surface area contributed by atoms with Gasteiger partial charge in [0.25, 0.3) is 0 Å². The normalized spacial score (nSPS) is 16.6. The summed E-state index contributed by atoms with van der Waals surface area (Å²) in [6.45, 7) is 0.0608. The Hall–Kier alpha value is -3.48. The van der Waals surface area contributed by atoms with Crippen molar-refractivity contribution in [1.29, 1.82) is 0 Å². The van der Waals surface area contributed by atoms with Crippen LogP contribution in [0, 0.1) is 11.6 Å². The molecule has 36 heavy (non-hydrogen) atoms. The first kappa shape index (κ1) is 24.2. The van der Waals surface area contributed by atoms with Crippen LogP contribution in [-0.2, 0) is 34.6 Å². The number of pyridine rings is 2. The number of fused-ring (bicyclic) bond motifs is 2. The van der Waals surface area contributed by atoms with Crippen LogP contribution >= 0.6 is 0 Å². The number of carbonyl (C=O) groups excluding carboxylic acids is 1. The zero-order valence-electron chi connectivity index (χ0n) is 19.4. The molecule has 188 valence electrons. The second-order valence-electron chi connectivity index (χ2n) is 8.61. The molecular weight excluding hydrogens is 494 g/mol. The predicted molar refractivity (Wildman–Crippen MR) is 127 cm³/mol. The number of aromatic nitrogens is 2. The summed E-state index contributed by atoms with van der Waals surface area (Å²) in [5.41, 5.74) is 1.95. The van der Waals surface area contributed by atoms with Crippen LogP contribution in [0.2, 0.25) is 0 Å². The molecule has 1 saturated carbocycles. The largest absolute Gasteiger partial charge is 0.493 e. The fourth-order valence-electron chi connectivity index (χ4n) is 4.60. The van der Waals surface area contributed by atoms with Crippen molar-refractivity contribution in [1.82, 2.24) is 14.7 Å². The number of carbonyl (C=O) groups is 1. The summed E-state index contributed by atoms with van der Waals surface area (Å²) >= 11 is -2.16. The Bertz CT molecular complexity index is 1370. The molecule has 1 amide bonds. The molecule has 1 aliphatic carbocycles. The first-order valence-electron chi connectivity index (χ1n) is 11.0. The van der Waals surface area contributed by atoms with Crippen LogP contribution in [0.5, 0.6) is 11.5 Å². The van der Waals surface area contributed by atoms with Crippen molar-refractivity contribution in [3.63, 3.8) is 0 Å². The van der Waals surface area contributed by atoms with Gasteiger partial charge in [0.1, 0.15) is 5.69 Å². The summed E-state index contributed by atoms with van der Waals surface area (Å²) in [4.78, 5) is 23.4. The Morgan fingerprint density at radius 2 is 1.81 bits per heavy atom. The van der Waals surface area contributed by atoms with Gasteiger partial charge in [0.2, 0.25) is 17.2 Å². The number of benzene rings is 1. The number of methoxy groups -OCH3 is 2. The number of anilines is 1. The standard InChI is InChI=1S/C24H22F2N4O5S/c1-34-18-7-19(35-2)21(26)22(20(18)25)30-12-15-11-28-17(6-16(15)24(3-4-24)23(30)31)14-5-13(8-27-10-14)9-29-36(32)33/h5-8,10-11,29H,3-4,9,12H2,1-2H3,(H,32,33). The van der Waals surface area contributed by atoms with Gasteiger partial charge in [-0.1, -0.05) is 0 Å². The highest BCUT2D eigenvalue weighted by Gasteiger charge is 2.57. The molecular formula is C24H22F2N4O5S. The van der Waals surface area contributed by atoms with Gasteiger partial charge in [0, 0.05) is 36.8 Å². The van der Waals surface area contributed by atoms with Gasteiger partial charge in [-0.05, 0) is 41.7 Å². The minimum absolute atomic E-state index is 0.0715. The van der Waals surface area contributed by atoms with E-state index in [1.54, 1.807) is 24.7 Å². The Labute approximate surface area is 207 Å². The van der Waals surface area contributed by atoms with Crippen molar-refractivity contribution in [3.05, 3.63) is 65.1 Å². The molecule has 1 spiro atoms. The first-order valence-corrected chi connectivity index (χ1v) is 12.1. The van der Waals surface area contributed by atoms with Gasteiger partial charge in [-0.2, -0.15) is 0 Å². The van der Waals surface area contributed by atoms with Crippen LogP contribution in [0.4, 0.5) is 14.5 Å². The van der Waals surface area contributed by atoms with E-state index >= 15 is 8.78 Å². The zero-order valence-corrected chi connectivity index (χ0v) is 20.2. The Morgan fingerprint density at radius 3 is 2.42 bits per heavy atom. The monoisotopic (exact) mass is 516 g/mol. The highest BCUT2D eigenvalue weighted by Crippen LogP contribution is 2.55. The van der Waals surface area contributed by atoms with E-state index < -0.39 is 39.9 Å². The molecule has 2 aliphatic rings. The first-order chi connectivity index (χ1) is 17.3. The van der Waals surface area contributed by atoms with E-state index in [9.17, 15) is 9.00 Å².